The highest BCUT2D eigenvalue weighted by Gasteiger charge is 2.28. The maximum absolute atomic E-state index is 7.01. The summed E-state index contributed by atoms with van der Waals surface area (Å²) < 4.78 is 12.1. The molecule has 11 rings (SSSR count). The molecule has 0 radical (unpaired) electrons. The van der Waals surface area contributed by atoms with E-state index >= 15 is 0 Å². The van der Waals surface area contributed by atoms with Gasteiger partial charge in [0.2, 0.25) is 0 Å². The molecule has 0 saturated heterocycles. The lowest BCUT2D eigenvalue weighted by atomic mass is 9.99. The average molecular weight is 692 g/mol. The van der Waals surface area contributed by atoms with Crippen LogP contribution in [-0.4, -0.2) is 5.84 Å². The van der Waals surface area contributed by atoms with Gasteiger partial charge in [-0.3, -0.25) is 5.32 Å². The van der Waals surface area contributed by atoms with Crippen LogP contribution in [0.1, 0.15) is 29.0 Å². The van der Waals surface area contributed by atoms with Crippen molar-refractivity contribution < 1.29 is 4.42 Å². The molecule has 1 aliphatic heterocycles. The molecule has 6 heteroatoms. The number of fused-ring (bicyclic) bond motifs is 9. The summed E-state index contributed by atoms with van der Waals surface area (Å²) in [5.41, 5.74) is 7.32. The number of rotatable bonds is 4. The predicted octanol–water partition coefficient (Wildman–Crippen LogP) is 12.3. The van der Waals surface area contributed by atoms with Gasteiger partial charge in [0.1, 0.15) is 29.3 Å². The highest BCUT2D eigenvalue weighted by Crippen LogP contribution is 2.44. The van der Waals surface area contributed by atoms with Crippen LogP contribution in [0, 0.1) is 0 Å². The molecule has 0 saturated carbocycles. The van der Waals surface area contributed by atoms with Gasteiger partial charge in [-0.2, -0.15) is 0 Å². The van der Waals surface area contributed by atoms with Crippen molar-refractivity contribution in [2.24, 2.45) is 4.99 Å². The number of furan rings is 1. The molecule has 51 heavy (non-hydrogen) atoms. The topological polar surface area (TPSA) is 49.6 Å². The van der Waals surface area contributed by atoms with Gasteiger partial charge >= 0.3 is 0 Å². The monoisotopic (exact) mass is 691 g/mol. The summed E-state index contributed by atoms with van der Waals surface area (Å²) in [6.07, 6.45) is -0.495. The molecular formula is C45H29N3OS2. The SMILES string of the molecule is c1ccc(C2N=C(c3ccc4c(c3)sc3ccccc34)NC(c3cccc4c3oc3c(-c5cccc6c5sc5ccccc56)cccc34)N2)cc1. The first-order valence-corrected chi connectivity index (χ1v) is 18.8. The van der Waals surface area contributed by atoms with Crippen LogP contribution < -0.4 is 10.6 Å². The zero-order valence-electron chi connectivity index (χ0n) is 27.3. The Morgan fingerprint density at radius 3 is 2.00 bits per heavy atom. The fourth-order valence-corrected chi connectivity index (χ4v) is 10.2. The van der Waals surface area contributed by atoms with E-state index in [1.54, 1.807) is 0 Å². The van der Waals surface area contributed by atoms with Gasteiger partial charge in [-0.15, -0.1) is 22.7 Å². The minimum Gasteiger partial charge on any atom is -0.455 e. The van der Waals surface area contributed by atoms with Crippen molar-refractivity contribution in [2.75, 3.05) is 0 Å². The second kappa shape index (κ2) is 11.4. The molecule has 4 nitrogen and oxygen atoms in total. The van der Waals surface area contributed by atoms with Gasteiger partial charge in [-0.05, 0) is 23.8 Å². The summed E-state index contributed by atoms with van der Waals surface area (Å²) >= 11 is 3.67. The van der Waals surface area contributed by atoms with Crippen molar-refractivity contribution >= 4 is 90.8 Å². The highest BCUT2D eigenvalue weighted by atomic mass is 32.1. The summed E-state index contributed by atoms with van der Waals surface area (Å²) in [6.45, 7) is 0. The lowest BCUT2D eigenvalue weighted by Gasteiger charge is -2.32. The number of para-hydroxylation sites is 2. The molecule has 242 valence electrons. The third-order valence-corrected chi connectivity index (χ3v) is 12.5. The van der Waals surface area contributed by atoms with Crippen LogP contribution in [0.25, 0.3) is 73.4 Å². The Hall–Kier alpha value is -5.79. The molecule has 4 heterocycles. The van der Waals surface area contributed by atoms with Crippen LogP contribution >= 0.6 is 22.7 Å². The van der Waals surface area contributed by atoms with Crippen molar-refractivity contribution in [3.05, 3.63) is 168 Å². The van der Waals surface area contributed by atoms with Gasteiger partial charge in [0.15, 0.2) is 0 Å². The minimum atomic E-state index is -0.250. The first kappa shape index (κ1) is 29.0. The molecule has 1 aliphatic rings. The van der Waals surface area contributed by atoms with Gasteiger partial charge in [0.25, 0.3) is 0 Å². The Balaban J connectivity index is 1.06. The Morgan fingerprint density at radius 2 is 1.16 bits per heavy atom. The minimum absolute atomic E-state index is 0.244. The first-order chi connectivity index (χ1) is 25.3. The van der Waals surface area contributed by atoms with Crippen LogP contribution in [0.2, 0.25) is 0 Å². The van der Waals surface area contributed by atoms with Crippen molar-refractivity contribution in [3.8, 4) is 11.1 Å². The van der Waals surface area contributed by atoms with E-state index < -0.39 is 0 Å². The quantitative estimate of drug-likeness (QED) is 0.193. The fraction of sp³-hybridized carbons (Fsp3) is 0.0444. The van der Waals surface area contributed by atoms with E-state index in [1.807, 2.05) is 28.7 Å². The summed E-state index contributed by atoms with van der Waals surface area (Å²) in [5, 5.41) is 15.0. The Bertz CT molecular complexity index is 3010. The number of nitrogens with zero attached hydrogens (tertiary/aromatic N) is 1. The Kier molecular flexibility index (Phi) is 6.46. The van der Waals surface area contributed by atoms with E-state index in [4.69, 9.17) is 9.41 Å². The summed E-state index contributed by atoms with van der Waals surface area (Å²) in [4.78, 5) is 5.25. The molecule has 0 spiro atoms. The van der Waals surface area contributed by atoms with E-state index in [0.717, 1.165) is 50.0 Å². The van der Waals surface area contributed by atoms with Gasteiger partial charge < -0.3 is 9.73 Å². The van der Waals surface area contributed by atoms with E-state index in [0.29, 0.717) is 0 Å². The third kappa shape index (κ3) is 4.58. The van der Waals surface area contributed by atoms with Crippen molar-refractivity contribution in [2.45, 2.75) is 12.3 Å². The molecule has 0 amide bonds. The smallest absolute Gasteiger partial charge is 0.143 e. The zero-order valence-corrected chi connectivity index (χ0v) is 28.9. The van der Waals surface area contributed by atoms with Gasteiger partial charge in [-0.1, -0.05) is 133 Å². The molecule has 0 fully saturated rings. The van der Waals surface area contributed by atoms with Crippen molar-refractivity contribution in [1.29, 1.82) is 0 Å². The van der Waals surface area contributed by atoms with E-state index in [9.17, 15) is 0 Å². The Morgan fingerprint density at radius 1 is 0.510 bits per heavy atom. The summed E-state index contributed by atoms with van der Waals surface area (Å²) in [5.74, 6) is 0.859. The Labute approximate surface area is 301 Å². The number of benzene rings is 7. The maximum atomic E-state index is 7.01. The number of aliphatic imine (C=N–C) groups is 1. The van der Waals surface area contributed by atoms with E-state index in [-0.39, 0.29) is 12.3 Å². The van der Waals surface area contributed by atoms with Gasteiger partial charge in [0, 0.05) is 73.4 Å². The lowest BCUT2D eigenvalue weighted by molar-refractivity contribution is 0.408. The van der Waals surface area contributed by atoms with Crippen LogP contribution in [0.15, 0.2) is 161 Å². The largest absolute Gasteiger partial charge is 0.455 e. The number of hydrogen-bond acceptors (Lipinski definition) is 6. The number of nitrogens with one attached hydrogen (secondary N) is 2. The second-order valence-corrected chi connectivity index (χ2v) is 15.3. The zero-order chi connectivity index (χ0) is 33.5. The molecule has 0 aliphatic carbocycles. The molecule has 2 atom stereocenters. The molecule has 7 aromatic carbocycles. The van der Waals surface area contributed by atoms with Crippen LogP contribution in [0.5, 0.6) is 0 Å². The second-order valence-electron chi connectivity index (χ2n) is 13.1. The molecule has 0 bridgehead atoms. The first-order valence-electron chi connectivity index (χ1n) is 17.2. The average Bonchev–Trinajstić information content (AvgIpc) is 3.89. The van der Waals surface area contributed by atoms with Gasteiger partial charge in [-0.25, -0.2) is 4.99 Å². The number of hydrogen-bond donors (Lipinski definition) is 2. The highest BCUT2D eigenvalue weighted by molar-refractivity contribution is 7.26. The van der Waals surface area contributed by atoms with Crippen LogP contribution in [0.3, 0.4) is 0 Å². The molecular weight excluding hydrogens is 663 g/mol. The molecule has 2 unspecified atom stereocenters. The molecule has 10 aromatic rings. The fourth-order valence-electron chi connectivity index (χ4n) is 7.79. The normalized spacial score (nSPS) is 16.4. The van der Waals surface area contributed by atoms with E-state index in [1.165, 1.54) is 45.9 Å². The maximum Gasteiger partial charge on any atom is 0.143 e. The lowest BCUT2D eigenvalue weighted by Crippen LogP contribution is -2.45. The van der Waals surface area contributed by atoms with Crippen LogP contribution in [-0.2, 0) is 0 Å². The molecule has 3 aromatic heterocycles. The van der Waals surface area contributed by atoms with Crippen molar-refractivity contribution in [1.82, 2.24) is 10.6 Å². The third-order valence-electron chi connectivity index (χ3n) is 10.2. The summed E-state index contributed by atoms with van der Waals surface area (Å²) in [7, 11) is 0. The number of thiophene rings is 2. The molecule has 2 N–H and O–H groups in total. The summed E-state index contributed by atoms with van der Waals surface area (Å²) in [6, 6.07) is 54.1. The van der Waals surface area contributed by atoms with E-state index in [2.05, 4.69) is 156 Å². The number of amidine groups is 1. The standard InChI is InChI=1S/C45H29N3OS2/c1-2-11-26(12-3-1)43-46-44(27-23-24-30-28-13-4-6-21-37(28)50-39(30)25-27)48-45(47-43)36-20-9-16-32-31-15-8-17-33(40(31)49-41(32)36)35-19-10-18-34-29-14-5-7-22-38(29)51-42(34)35/h1-25,43,45,47H,(H,46,48). The predicted molar refractivity (Wildman–Crippen MR) is 216 cm³/mol. The van der Waals surface area contributed by atoms with Crippen molar-refractivity contribution in [3.63, 3.8) is 0 Å². The van der Waals surface area contributed by atoms with Crippen LogP contribution in [0.4, 0.5) is 0 Å². The van der Waals surface area contributed by atoms with Gasteiger partial charge in [0.05, 0.1) is 0 Å².